The number of halogens is 1. The number of fused-ring (bicyclic) bond motifs is 1. The fourth-order valence-corrected chi connectivity index (χ4v) is 4.82. The van der Waals surface area contributed by atoms with Crippen LogP contribution in [-0.4, -0.2) is 46.8 Å². The number of nitrogens with zero attached hydrogens (tertiary/aromatic N) is 3. The van der Waals surface area contributed by atoms with Crippen LogP contribution >= 0.6 is 27.7 Å². The highest BCUT2D eigenvalue weighted by molar-refractivity contribution is 9.10. The summed E-state index contributed by atoms with van der Waals surface area (Å²) in [5.41, 5.74) is 1.95. The van der Waals surface area contributed by atoms with Crippen molar-refractivity contribution >= 4 is 55.7 Å². The predicted molar refractivity (Wildman–Crippen MR) is 143 cm³/mol. The number of rotatable bonds is 9. The molecule has 0 aromatic heterocycles. The molecule has 1 amide bonds. The van der Waals surface area contributed by atoms with Crippen molar-refractivity contribution in [1.82, 2.24) is 5.01 Å². The standard InChI is InChI=1S/C25H25BrN4O4S/c1-4-21-29-30-23(27)18(24(31)28-25(30)35-21)12-16-13-19(26)22(20(14-16)32-5-2)34-10-9-33-17-8-6-7-15(3)11-17/h6-8,11-14,27H,4-5,9-10H2,1-3H3. The van der Waals surface area contributed by atoms with E-state index in [1.54, 1.807) is 12.1 Å². The first-order valence-electron chi connectivity index (χ1n) is 11.2. The van der Waals surface area contributed by atoms with E-state index in [9.17, 15) is 4.79 Å². The molecule has 0 atom stereocenters. The van der Waals surface area contributed by atoms with E-state index in [-0.39, 0.29) is 11.4 Å². The molecule has 2 aliphatic rings. The molecule has 0 saturated heterocycles. The molecule has 0 unspecified atom stereocenters. The number of aryl methyl sites for hydroxylation is 1. The maximum atomic E-state index is 12.7. The Balaban J connectivity index is 1.52. The Labute approximate surface area is 216 Å². The summed E-state index contributed by atoms with van der Waals surface area (Å²) in [5, 5.41) is 15.5. The SMILES string of the molecule is CCOc1cc(C=C2C(=N)N3N=C(CC)SC3=NC2=O)cc(Br)c1OCCOc1cccc(C)c1. The van der Waals surface area contributed by atoms with Gasteiger partial charge in [-0.15, -0.1) is 0 Å². The number of nitrogens with one attached hydrogen (secondary N) is 1. The number of hydrogen-bond donors (Lipinski definition) is 1. The molecule has 1 N–H and O–H groups in total. The topological polar surface area (TPSA) is 96.6 Å². The average molecular weight is 557 g/mol. The Kier molecular flexibility index (Phi) is 7.92. The van der Waals surface area contributed by atoms with Crippen LogP contribution in [0.2, 0.25) is 0 Å². The van der Waals surface area contributed by atoms with E-state index in [1.165, 1.54) is 16.8 Å². The van der Waals surface area contributed by atoms with Crippen molar-refractivity contribution in [3.05, 3.63) is 57.6 Å². The summed E-state index contributed by atoms with van der Waals surface area (Å²) < 4.78 is 18.2. The smallest absolute Gasteiger partial charge is 0.283 e. The van der Waals surface area contributed by atoms with Gasteiger partial charge in [0.25, 0.3) is 5.91 Å². The van der Waals surface area contributed by atoms with Crippen LogP contribution < -0.4 is 14.2 Å². The lowest BCUT2D eigenvalue weighted by molar-refractivity contribution is -0.114. The van der Waals surface area contributed by atoms with Crippen molar-refractivity contribution < 1.29 is 19.0 Å². The number of benzene rings is 2. The van der Waals surface area contributed by atoms with Gasteiger partial charge in [-0.25, -0.2) is 0 Å². The zero-order valence-corrected chi connectivity index (χ0v) is 22.0. The van der Waals surface area contributed by atoms with Gasteiger partial charge < -0.3 is 14.2 Å². The molecule has 35 heavy (non-hydrogen) atoms. The lowest BCUT2D eigenvalue weighted by Gasteiger charge is -2.20. The number of hydrazone groups is 1. The van der Waals surface area contributed by atoms with E-state index in [0.717, 1.165) is 16.4 Å². The van der Waals surface area contributed by atoms with Crippen molar-refractivity contribution in [1.29, 1.82) is 5.41 Å². The number of amides is 1. The minimum absolute atomic E-state index is 0.00124. The molecule has 8 nitrogen and oxygen atoms in total. The first kappa shape index (κ1) is 25.0. The van der Waals surface area contributed by atoms with Crippen LogP contribution in [0, 0.1) is 12.3 Å². The molecule has 182 valence electrons. The fraction of sp³-hybridized carbons (Fsp3) is 0.280. The molecule has 0 spiro atoms. The zero-order chi connectivity index (χ0) is 24.9. The highest BCUT2D eigenvalue weighted by Gasteiger charge is 2.35. The third-order valence-corrected chi connectivity index (χ3v) is 6.67. The second-order valence-electron chi connectivity index (χ2n) is 7.64. The van der Waals surface area contributed by atoms with Gasteiger partial charge in [-0.05, 0) is 89.4 Å². The van der Waals surface area contributed by atoms with E-state index in [4.69, 9.17) is 19.6 Å². The summed E-state index contributed by atoms with van der Waals surface area (Å²) >= 11 is 4.87. The fourth-order valence-electron chi connectivity index (χ4n) is 3.42. The highest BCUT2D eigenvalue weighted by Crippen LogP contribution is 2.38. The molecule has 0 radical (unpaired) electrons. The lowest BCUT2D eigenvalue weighted by atomic mass is 10.1. The second-order valence-corrected chi connectivity index (χ2v) is 9.54. The van der Waals surface area contributed by atoms with Crippen LogP contribution in [0.25, 0.3) is 6.08 Å². The average Bonchev–Trinajstić information content (AvgIpc) is 3.24. The number of hydrogen-bond acceptors (Lipinski definition) is 7. The van der Waals surface area contributed by atoms with E-state index < -0.39 is 5.91 Å². The van der Waals surface area contributed by atoms with E-state index in [2.05, 4.69) is 26.0 Å². The van der Waals surface area contributed by atoms with Crippen molar-refractivity contribution in [3.63, 3.8) is 0 Å². The monoisotopic (exact) mass is 556 g/mol. The maximum absolute atomic E-state index is 12.7. The highest BCUT2D eigenvalue weighted by atomic mass is 79.9. The summed E-state index contributed by atoms with van der Waals surface area (Å²) in [6.45, 7) is 6.99. The molecule has 2 aromatic carbocycles. The van der Waals surface area contributed by atoms with E-state index in [0.29, 0.717) is 52.9 Å². The summed E-state index contributed by atoms with van der Waals surface area (Å²) in [6.07, 6.45) is 2.33. The summed E-state index contributed by atoms with van der Waals surface area (Å²) in [4.78, 5) is 16.8. The van der Waals surface area contributed by atoms with Crippen molar-refractivity contribution in [3.8, 4) is 17.2 Å². The molecule has 2 aliphatic heterocycles. The summed E-state index contributed by atoms with van der Waals surface area (Å²) in [6, 6.07) is 11.4. The van der Waals surface area contributed by atoms with Crippen LogP contribution in [0.15, 0.2) is 56.5 Å². The number of carbonyl (C=O) groups excluding carboxylic acids is 1. The lowest BCUT2D eigenvalue weighted by Crippen LogP contribution is -2.35. The largest absolute Gasteiger partial charge is 0.490 e. The number of ether oxygens (including phenoxy) is 3. The Morgan fingerprint density at radius 2 is 1.94 bits per heavy atom. The first-order valence-corrected chi connectivity index (χ1v) is 12.8. The van der Waals surface area contributed by atoms with Gasteiger partial charge in [0.2, 0.25) is 5.17 Å². The molecular weight excluding hydrogens is 532 g/mol. The first-order chi connectivity index (χ1) is 16.9. The van der Waals surface area contributed by atoms with Gasteiger partial charge in [-0.1, -0.05) is 19.1 Å². The molecule has 2 aromatic rings. The molecule has 0 aliphatic carbocycles. The molecule has 2 heterocycles. The van der Waals surface area contributed by atoms with Gasteiger partial charge in [0.1, 0.15) is 24.0 Å². The number of amidine groups is 2. The van der Waals surface area contributed by atoms with Crippen molar-refractivity contribution in [2.75, 3.05) is 19.8 Å². The van der Waals surface area contributed by atoms with Crippen LogP contribution in [0.3, 0.4) is 0 Å². The number of carbonyl (C=O) groups is 1. The molecule has 10 heteroatoms. The van der Waals surface area contributed by atoms with Crippen LogP contribution in [0.5, 0.6) is 17.2 Å². The van der Waals surface area contributed by atoms with Gasteiger partial charge in [-0.2, -0.15) is 15.1 Å². The minimum atomic E-state index is -0.469. The normalized spacial score (nSPS) is 16.2. The third-order valence-electron chi connectivity index (χ3n) is 5.03. The van der Waals surface area contributed by atoms with Crippen LogP contribution in [0.4, 0.5) is 0 Å². The Morgan fingerprint density at radius 1 is 1.14 bits per heavy atom. The third kappa shape index (κ3) is 5.76. The van der Waals surface area contributed by atoms with E-state index in [1.807, 2.05) is 51.1 Å². The number of thioether (sulfide) groups is 1. The molecule has 0 fully saturated rings. The molecule has 0 bridgehead atoms. The van der Waals surface area contributed by atoms with Gasteiger partial charge in [-0.3, -0.25) is 10.2 Å². The molecule has 4 rings (SSSR count). The Morgan fingerprint density at radius 3 is 2.69 bits per heavy atom. The van der Waals surface area contributed by atoms with Crippen molar-refractivity contribution in [2.45, 2.75) is 27.2 Å². The van der Waals surface area contributed by atoms with Gasteiger partial charge in [0.15, 0.2) is 17.3 Å². The Hall–Kier alpha value is -3.11. The molecular formula is C25H25BrN4O4S. The van der Waals surface area contributed by atoms with Crippen LogP contribution in [-0.2, 0) is 4.79 Å². The summed E-state index contributed by atoms with van der Waals surface area (Å²) in [7, 11) is 0. The maximum Gasteiger partial charge on any atom is 0.283 e. The van der Waals surface area contributed by atoms with Crippen LogP contribution in [0.1, 0.15) is 31.4 Å². The minimum Gasteiger partial charge on any atom is -0.490 e. The predicted octanol–water partition coefficient (Wildman–Crippen LogP) is 5.64. The quantitative estimate of drug-likeness (QED) is 0.317. The Bertz CT molecular complexity index is 1260. The van der Waals surface area contributed by atoms with Gasteiger partial charge >= 0.3 is 0 Å². The van der Waals surface area contributed by atoms with Gasteiger partial charge in [0, 0.05) is 0 Å². The number of aliphatic imine (C=N–C) groups is 1. The van der Waals surface area contributed by atoms with Gasteiger partial charge in [0.05, 0.1) is 16.7 Å². The summed E-state index contributed by atoms with van der Waals surface area (Å²) in [5.74, 6) is 1.38. The molecule has 0 saturated carbocycles. The second kappa shape index (κ2) is 11.1. The zero-order valence-electron chi connectivity index (χ0n) is 19.6. The van der Waals surface area contributed by atoms with E-state index >= 15 is 0 Å². The van der Waals surface area contributed by atoms with Crippen molar-refractivity contribution in [2.24, 2.45) is 10.1 Å².